The third kappa shape index (κ3) is 2.01. The van der Waals surface area contributed by atoms with Gasteiger partial charge in [0.2, 0.25) is 0 Å². The molecule has 88 valence electrons. The minimum absolute atomic E-state index is 0.358. The van der Waals surface area contributed by atoms with Crippen LogP contribution in [-0.4, -0.2) is 22.6 Å². The SMILES string of the molecule is CC(C)c1c(Cl)ncnc1N1CCCC1C. The molecular weight excluding hydrogens is 222 g/mol. The second kappa shape index (κ2) is 4.58. The average molecular weight is 240 g/mol. The van der Waals surface area contributed by atoms with Gasteiger partial charge in [-0.15, -0.1) is 0 Å². The van der Waals surface area contributed by atoms with Crippen LogP contribution < -0.4 is 4.90 Å². The Morgan fingerprint density at radius 3 is 2.75 bits per heavy atom. The van der Waals surface area contributed by atoms with E-state index in [1.54, 1.807) is 6.33 Å². The summed E-state index contributed by atoms with van der Waals surface area (Å²) in [6.45, 7) is 7.59. The first-order valence-corrected chi connectivity index (χ1v) is 6.26. The summed E-state index contributed by atoms with van der Waals surface area (Å²) in [5.41, 5.74) is 1.08. The summed E-state index contributed by atoms with van der Waals surface area (Å²) in [4.78, 5) is 10.9. The molecule has 0 N–H and O–H groups in total. The Hall–Kier alpha value is -0.830. The van der Waals surface area contributed by atoms with Crippen molar-refractivity contribution in [2.45, 2.75) is 45.6 Å². The lowest BCUT2D eigenvalue weighted by atomic mass is 10.1. The number of rotatable bonds is 2. The first-order valence-electron chi connectivity index (χ1n) is 5.88. The second-order valence-corrected chi connectivity index (χ2v) is 5.10. The molecule has 0 bridgehead atoms. The summed E-state index contributed by atoms with van der Waals surface area (Å²) < 4.78 is 0. The zero-order chi connectivity index (χ0) is 11.7. The van der Waals surface area contributed by atoms with Gasteiger partial charge in [0, 0.05) is 18.2 Å². The number of anilines is 1. The van der Waals surface area contributed by atoms with Gasteiger partial charge >= 0.3 is 0 Å². The van der Waals surface area contributed by atoms with Gasteiger partial charge in [0.1, 0.15) is 17.3 Å². The number of hydrogen-bond acceptors (Lipinski definition) is 3. The van der Waals surface area contributed by atoms with E-state index in [1.807, 2.05) is 0 Å². The Morgan fingerprint density at radius 2 is 2.19 bits per heavy atom. The molecule has 1 fully saturated rings. The lowest BCUT2D eigenvalue weighted by Gasteiger charge is -2.26. The maximum atomic E-state index is 6.17. The monoisotopic (exact) mass is 239 g/mol. The highest BCUT2D eigenvalue weighted by Crippen LogP contribution is 2.33. The Morgan fingerprint density at radius 1 is 1.44 bits per heavy atom. The van der Waals surface area contributed by atoms with Crippen LogP contribution in [0.4, 0.5) is 5.82 Å². The zero-order valence-electron chi connectivity index (χ0n) is 10.1. The molecule has 16 heavy (non-hydrogen) atoms. The molecule has 1 aliphatic rings. The molecular formula is C12H18ClN3. The maximum absolute atomic E-state index is 6.17. The predicted octanol–water partition coefficient (Wildman–Crippen LogP) is 3.24. The fraction of sp³-hybridized carbons (Fsp3) is 0.667. The number of halogens is 1. The van der Waals surface area contributed by atoms with Gasteiger partial charge in [0.15, 0.2) is 0 Å². The standard InChI is InChI=1S/C12H18ClN3/c1-8(2)10-11(13)14-7-15-12(10)16-6-4-5-9(16)3/h7-9H,4-6H2,1-3H3. The van der Waals surface area contributed by atoms with E-state index in [1.165, 1.54) is 12.8 Å². The highest BCUT2D eigenvalue weighted by Gasteiger charge is 2.26. The Balaban J connectivity index is 2.43. The Bertz CT molecular complexity index is 379. The molecule has 3 nitrogen and oxygen atoms in total. The van der Waals surface area contributed by atoms with Crippen molar-refractivity contribution in [3.05, 3.63) is 17.0 Å². The smallest absolute Gasteiger partial charge is 0.138 e. The molecule has 4 heteroatoms. The molecule has 0 spiro atoms. The quantitative estimate of drug-likeness (QED) is 0.742. The van der Waals surface area contributed by atoms with Gasteiger partial charge in [-0.05, 0) is 25.7 Å². The Labute approximate surface area is 102 Å². The van der Waals surface area contributed by atoms with Crippen molar-refractivity contribution < 1.29 is 0 Å². The number of hydrogen-bond donors (Lipinski definition) is 0. The Kier molecular flexibility index (Phi) is 3.33. The normalized spacial score (nSPS) is 20.8. The van der Waals surface area contributed by atoms with E-state index >= 15 is 0 Å². The summed E-state index contributed by atoms with van der Waals surface area (Å²) in [5, 5.41) is 0.596. The van der Waals surface area contributed by atoms with E-state index in [-0.39, 0.29) is 0 Å². The van der Waals surface area contributed by atoms with Gasteiger partial charge in [0.05, 0.1) is 0 Å². The zero-order valence-corrected chi connectivity index (χ0v) is 10.8. The van der Waals surface area contributed by atoms with Crippen LogP contribution in [0.25, 0.3) is 0 Å². The molecule has 0 saturated carbocycles. The van der Waals surface area contributed by atoms with Crippen LogP contribution in [0.2, 0.25) is 5.15 Å². The van der Waals surface area contributed by atoms with Crippen LogP contribution >= 0.6 is 11.6 Å². The van der Waals surface area contributed by atoms with Gasteiger partial charge in [-0.1, -0.05) is 25.4 Å². The van der Waals surface area contributed by atoms with Gasteiger partial charge in [0.25, 0.3) is 0 Å². The van der Waals surface area contributed by atoms with E-state index in [4.69, 9.17) is 11.6 Å². The molecule has 1 atom stereocenters. The largest absolute Gasteiger partial charge is 0.354 e. The lowest BCUT2D eigenvalue weighted by molar-refractivity contribution is 0.713. The maximum Gasteiger partial charge on any atom is 0.138 e. The predicted molar refractivity (Wildman–Crippen MR) is 67.2 cm³/mol. The fourth-order valence-electron chi connectivity index (χ4n) is 2.34. The van der Waals surface area contributed by atoms with Crippen LogP contribution in [0.1, 0.15) is 45.1 Å². The molecule has 1 aromatic rings. The topological polar surface area (TPSA) is 29.0 Å². The molecule has 1 aliphatic heterocycles. The average Bonchev–Trinajstić information content (AvgIpc) is 2.63. The minimum Gasteiger partial charge on any atom is -0.354 e. The lowest BCUT2D eigenvalue weighted by Crippen LogP contribution is -2.28. The molecule has 1 aromatic heterocycles. The molecule has 2 heterocycles. The molecule has 0 aliphatic carbocycles. The van der Waals surface area contributed by atoms with Crippen molar-refractivity contribution in [1.82, 2.24) is 9.97 Å². The van der Waals surface area contributed by atoms with Crippen LogP contribution in [0.5, 0.6) is 0 Å². The van der Waals surface area contributed by atoms with Gasteiger partial charge in [-0.2, -0.15) is 0 Å². The summed E-state index contributed by atoms with van der Waals surface area (Å²) >= 11 is 6.17. The summed E-state index contributed by atoms with van der Waals surface area (Å²) in [5.74, 6) is 1.39. The fourth-order valence-corrected chi connectivity index (χ4v) is 2.69. The van der Waals surface area contributed by atoms with E-state index in [0.717, 1.165) is 17.9 Å². The van der Waals surface area contributed by atoms with Crippen molar-refractivity contribution in [2.24, 2.45) is 0 Å². The first-order chi connectivity index (χ1) is 7.61. The molecule has 2 rings (SSSR count). The van der Waals surface area contributed by atoms with Crippen molar-refractivity contribution >= 4 is 17.4 Å². The van der Waals surface area contributed by atoms with Crippen molar-refractivity contribution in [2.75, 3.05) is 11.4 Å². The molecule has 1 unspecified atom stereocenters. The van der Waals surface area contributed by atoms with Crippen molar-refractivity contribution in [3.63, 3.8) is 0 Å². The van der Waals surface area contributed by atoms with Gasteiger partial charge in [-0.25, -0.2) is 9.97 Å². The molecule has 0 amide bonds. The molecule has 1 saturated heterocycles. The first kappa shape index (κ1) is 11.6. The van der Waals surface area contributed by atoms with Crippen molar-refractivity contribution in [3.8, 4) is 0 Å². The van der Waals surface area contributed by atoms with E-state index in [2.05, 4.69) is 35.6 Å². The second-order valence-electron chi connectivity index (χ2n) is 4.74. The number of nitrogens with zero attached hydrogens (tertiary/aromatic N) is 3. The highest BCUT2D eigenvalue weighted by molar-refractivity contribution is 6.30. The van der Waals surface area contributed by atoms with Crippen LogP contribution in [0, 0.1) is 0 Å². The van der Waals surface area contributed by atoms with E-state index in [0.29, 0.717) is 17.1 Å². The van der Waals surface area contributed by atoms with Crippen molar-refractivity contribution in [1.29, 1.82) is 0 Å². The minimum atomic E-state index is 0.358. The van der Waals surface area contributed by atoms with Crippen LogP contribution in [-0.2, 0) is 0 Å². The van der Waals surface area contributed by atoms with Crippen LogP contribution in [0.3, 0.4) is 0 Å². The van der Waals surface area contributed by atoms with E-state index in [9.17, 15) is 0 Å². The van der Waals surface area contributed by atoms with Crippen LogP contribution in [0.15, 0.2) is 6.33 Å². The summed E-state index contributed by atoms with van der Waals surface area (Å²) in [6, 6.07) is 0.559. The highest BCUT2D eigenvalue weighted by atomic mass is 35.5. The summed E-state index contributed by atoms with van der Waals surface area (Å²) in [6.07, 6.45) is 4.04. The molecule has 0 aromatic carbocycles. The summed E-state index contributed by atoms with van der Waals surface area (Å²) in [7, 11) is 0. The van der Waals surface area contributed by atoms with Gasteiger partial charge in [-0.3, -0.25) is 0 Å². The molecule has 0 radical (unpaired) electrons. The van der Waals surface area contributed by atoms with Gasteiger partial charge < -0.3 is 4.90 Å². The van der Waals surface area contributed by atoms with E-state index < -0.39 is 0 Å². The third-order valence-electron chi connectivity index (χ3n) is 3.22. The third-order valence-corrected chi connectivity index (χ3v) is 3.52. The number of aromatic nitrogens is 2.